The Bertz CT molecular complexity index is 700. The van der Waals surface area contributed by atoms with Gasteiger partial charge in [-0.25, -0.2) is 8.42 Å². The summed E-state index contributed by atoms with van der Waals surface area (Å²) in [6, 6.07) is 5.41. The fraction of sp³-hybridized carbons (Fsp3) is 0.588. The van der Waals surface area contributed by atoms with Gasteiger partial charge >= 0.3 is 0 Å². The van der Waals surface area contributed by atoms with Gasteiger partial charge in [-0.3, -0.25) is 4.99 Å². The molecule has 0 aliphatic rings. The van der Waals surface area contributed by atoms with Crippen molar-refractivity contribution in [2.75, 3.05) is 38.4 Å². The van der Waals surface area contributed by atoms with Crippen molar-refractivity contribution >= 4 is 45.5 Å². The number of nitrogens with one attached hydrogen (secondary N) is 2. The molecule has 26 heavy (non-hydrogen) atoms. The van der Waals surface area contributed by atoms with E-state index < -0.39 is 14.6 Å². The summed E-state index contributed by atoms with van der Waals surface area (Å²) < 4.78 is 34.0. The minimum absolute atomic E-state index is 0. The highest BCUT2D eigenvalue weighted by Crippen LogP contribution is 2.29. The number of aliphatic imine (C=N–C) groups is 1. The Kier molecular flexibility index (Phi) is 10.3. The van der Waals surface area contributed by atoms with Crippen LogP contribution in [0.3, 0.4) is 0 Å². The van der Waals surface area contributed by atoms with Crippen LogP contribution in [0.15, 0.2) is 23.2 Å². The second-order valence-electron chi connectivity index (χ2n) is 6.39. The zero-order valence-corrected chi connectivity index (χ0v) is 19.4. The summed E-state index contributed by atoms with van der Waals surface area (Å²) in [4.78, 5) is 4.35. The highest BCUT2D eigenvalue weighted by atomic mass is 127. The summed E-state index contributed by atoms with van der Waals surface area (Å²) in [5.41, 5.74) is 0.760. The van der Waals surface area contributed by atoms with Gasteiger partial charge in [-0.15, -0.1) is 24.0 Å². The van der Waals surface area contributed by atoms with Gasteiger partial charge in [0.1, 0.15) is 0 Å². The molecule has 0 aromatic heterocycles. The summed E-state index contributed by atoms with van der Waals surface area (Å²) >= 11 is 0. The first-order chi connectivity index (χ1) is 11.6. The Morgan fingerprint density at radius 1 is 1.15 bits per heavy atom. The summed E-state index contributed by atoms with van der Waals surface area (Å²) in [7, 11) is -0.0568. The monoisotopic (exact) mass is 499 g/mol. The van der Waals surface area contributed by atoms with Crippen molar-refractivity contribution < 1.29 is 17.9 Å². The molecule has 0 saturated carbocycles. The Hall–Kier alpha value is -1.23. The molecule has 2 N–H and O–H groups in total. The minimum atomic E-state index is -3.20. The minimum Gasteiger partial charge on any atom is -0.493 e. The average Bonchev–Trinajstić information content (AvgIpc) is 2.53. The molecule has 0 unspecified atom stereocenters. The lowest BCUT2D eigenvalue weighted by molar-refractivity contribution is 0.355. The number of sulfone groups is 1. The molecular formula is C17H30IN3O4S. The van der Waals surface area contributed by atoms with Crippen molar-refractivity contribution in [3.05, 3.63) is 18.2 Å². The Morgan fingerprint density at radius 2 is 1.77 bits per heavy atom. The smallest absolute Gasteiger partial charge is 0.195 e. The van der Waals surface area contributed by atoms with Crippen LogP contribution in [0.5, 0.6) is 11.5 Å². The summed E-state index contributed by atoms with van der Waals surface area (Å²) in [5.74, 6) is 1.74. The second-order valence-corrected chi connectivity index (χ2v) is 9.25. The third kappa shape index (κ3) is 7.18. The molecule has 0 aliphatic heterocycles. The SMILES string of the molecule is CCNC(=NCCS(=O)(=O)C(C)(C)C)Nc1ccc(OC)c(OC)c1.I. The number of benzene rings is 1. The van der Waals surface area contributed by atoms with Gasteiger partial charge in [0.05, 0.1) is 31.3 Å². The molecule has 0 spiro atoms. The van der Waals surface area contributed by atoms with Crippen molar-refractivity contribution in [1.82, 2.24) is 5.32 Å². The fourth-order valence-corrected chi connectivity index (χ4v) is 2.89. The number of guanidine groups is 1. The molecule has 0 fully saturated rings. The van der Waals surface area contributed by atoms with E-state index in [0.29, 0.717) is 24.0 Å². The first-order valence-corrected chi connectivity index (χ1v) is 9.79. The predicted octanol–water partition coefficient (Wildman–Crippen LogP) is 2.91. The quantitative estimate of drug-likeness (QED) is 0.341. The lowest BCUT2D eigenvalue weighted by atomic mass is 10.3. The third-order valence-corrected chi connectivity index (χ3v) is 6.14. The molecule has 0 saturated heterocycles. The van der Waals surface area contributed by atoms with Crippen LogP contribution in [0, 0.1) is 0 Å². The standard InChI is InChI=1S/C17H29N3O4S.HI/c1-7-18-16(19-10-11-25(21,22)17(2,3)4)20-13-8-9-14(23-5)15(12-13)24-6;/h8-9,12H,7,10-11H2,1-6H3,(H2,18,19,20);1H. The van der Waals surface area contributed by atoms with Gasteiger partial charge in [0.25, 0.3) is 0 Å². The number of hydrogen-bond donors (Lipinski definition) is 2. The molecule has 9 heteroatoms. The van der Waals surface area contributed by atoms with Crippen LogP contribution in [0.25, 0.3) is 0 Å². The van der Waals surface area contributed by atoms with Crippen LogP contribution < -0.4 is 20.1 Å². The van der Waals surface area contributed by atoms with E-state index in [9.17, 15) is 8.42 Å². The van der Waals surface area contributed by atoms with Crippen molar-refractivity contribution in [2.45, 2.75) is 32.4 Å². The number of rotatable bonds is 7. The number of ether oxygens (including phenoxy) is 2. The maximum absolute atomic E-state index is 12.2. The second kappa shape index (κ2) is 10.8. The highest BCUT2D eigenvalue weighted by Gasteiger charge is 2.28. The van der Waals surface area contributed by atoms with Gasteiger partial charge in [0, 0.05) is 18.3 Å². The lowest BCUT2D eigenvalue weighted by Gasteiger charge is -2.18. The largest absolute Gasteiger partial charge is 0.493 e. The van der Waals surface area contributed by atoms with E-state index in [1.165, 1.54) is 0 Å². The maximum Gasteiger partial charge on any atom is 0.195 e. The predicted molar refractivity (Wildman–Crippen MR) is 118 cm³/mol. The average molecular weight is 499 g/mol. The molecule has 150 valence electrons. The van der Waals surface area contributed by atoms with Crippen LogP contribution >= 0.6 is 24.0 Å². The zero-order valence-electron chi connectivity index (χ0n) is 16.3. The topological polar surface area (TPSA) is 89.0 Å². The van der Waals surface area contributed by atoms with Gasteiger partial charge in [-0.2, -0.15) is 0 Å². The van der Waals surface area contributed by atoms with Crippen molar-refractivity contribution in [3.63, 3.8) is 0 Å². The van der Waals surface area contributed by atoms with Crippen molar-refractivity contribution in [1.29, 1.82) is 0 Å². The normalized spacial score (nSPS) is 12.2. The van der Waals surface area contributed by atoms with Crippen LogP contribution in [0.4, 0.5) is 5.69 Å². The van der Waals surface area contributed by atoms with Crippen LogP contribution in [-0.4, -0.2) is 52.2 Å². The zero-order chi connectivity index (χ0) is 19.1. The molecule has 7 nitrogen and oxygen atoms in total. The third-order valence-electron chi connectivity index (χ3n) is 3.55. The molecule has 0 radical (unpaired) electrons. The number of methoxy groups -OCH3 is 2. The molecule has 0 amide bonds. The van der Waals surface area contributed by atoms with E-state index in [-0.39, 0.29) is 36.3 Å². The summed E-state index contributed by atoms with van der Waals surface area (Å²) in [6.45, 7) is 7.86. The summed E-state index contributed by atoms with van der Waals surface area (Å²) in [6.07, 6.45) is 0. The van der Waals surface area contributed by atoms with E-state index >= 15 is 0 Å². The van der Waals surface area contributed by atoms with Crippen LogP contribution in [0.1, 0.15) is 27.7 Å². The first kappa shape index (κ1) is 24.8. The van der Waals surface area contributed by atoms with E-state index in [2.05, 4.69) is 15.6 Å². The molecule has 0 atom stereocenters. The van der Waals surface area contributed by atoms with Gasteiger partial charge in [0.2, 0.25) is 0 Å². The van der Waals surface area contributed by atoms with E-state index in [1.54, 1.807) is 47.1 Å². The Morgan fingerprint density at radius 3 is 2.27 bits per heavy atom. The molecule has 0 aliphatic carbocycles. The van der Waals surface area contributed by atoms with Gasteiger partial charge < -0.3 is 20.1 Å². The maximum atomic E-state index is 12.2. The lowest BCUT2D eigenvalue weighted by Crippen LogP contribution is -2.33. The van der Waals surface area contributed by atoms with Crippen LogP contribution in [0.2, 0.25) is 0 Å². The summed E-state index contributed by atoms with van der Waals surface area (Å²) in [5, 5.41) is 6.23. The fourth-order valence-electron chi connectivity index (χ4n) is 1.94. The molecular weight excluding hydrogens is 469 g/mol. The van der Waals surface area contributed by atoms with E-state index in [1.807, 2.05) is 13.0 Å². The van der Waals surface area contributed by atoms with Crippen molar-refractivity contribution in [3.8, 4) is 11.5 Å². The number of halogens is 1. The number of hydrogen-bond acceptors (Lipinski definition) is 5. The molecule has 1 rings (SSSR count). The van der Waals surface area contributed by atoms with Gasteiger partial charge in [-0.05, 0) is 39.8 Å². The Labute approximate surface area is 173 Å². The molecule has 0 heterocycles. The van der Waals surface area contributed by atoms with Gasteiger partial charge in [-0.1, -0.05) is 0 Å². The highest BCUT2D eigenvalue weighted by molar-refractivity contribution is 14.0. The molecule has 1 aromatic rings. The van der Waals surface area contributed by atoms with Gasteiger partial charge in [0.15, 0.2) is 27.3 Å². The van der Waals surface area contributed by atoms with E-state index in [0.717, 1.165) is 5.69 Å². The first-order valence-electron chi connectivity index (χ1n) is 8.14. The van der Waals surface area contributed by atoms with Crippen LogP contribution in [-0.2, 0) is 9.84 Å². The number of anilines is 1. The number of nitrogens with zero attached hydrogens (tertiary/aromatic N) is 1. The molecule has 0 bridgehead atoms. The Balaban J connectivity index is 0.00000625. The van der Waals surface area contributed by atoms with Crippen molar-refractivity contribution in [2.24, 2.45) is 4.99 Å². The molecule has 1 aromatic carbocycles. The van der Waals surface area contributed by atoms with E-state index in [4.69, 9.17) is 9.47 Å².